The summed E-state index contributed by atoms with van der Waals surface area (Å²) in [6.07, 6.45) is 4.88. The van der Waals surface area contributed by atoms with Gasteiger partial charge < -0.3 is 5.11 Å². The minimum absolute atomic E-state index is 0.187. The summed E-state index contributed by atoms with van der Waals surface area (Å²) < 4.78 is 25.5. The van der Waals surface area contributed by atoms with E-state index < -0.39 is 9.84 Å². The van der Waals surface area contributed by atoms with Gasteiger partial charge in [-0.1, -0.05) is 12.1 Å². The lowest BCUT2D eigenvalue weighted by Gasteiger charge is -2.34. The maximum Gasteiger partial charge on any atom is 0.234 e. The molecule has 0 amide bonds. The number of imidazole rings is 1. The van der Waals surface area contributed by atoms with Gasteiger partial charge in [0.2, 0.25) is 5.78 Å². The Morgan fingerprint density at radius 2 is 1.76 bits per heavy atom. The third-order valence-electron chi connectivity index (χ3n) is 5.31. The SMILES string of the molecule is CS(=O)(=O)c1ccc(-c2nc3ncccn3c2CN2CCN(CCO)CC2)cc1. The van der Waals surface area contributed by atoms with E-state index in [2.05, 4.69) is 14.8 Å². The molecular weight excluding hydrogens is 390 g/mol. The molecule has 1 aliphatic heterocycles. The third-order valence-corrected chi connectivity index (χ3v) is 6.44. The van der Waals surface area contributed by atoms with E-state index >= 15 is 0 Å². The largest absolute Gasteiger partial charge is 0.395 e. The molecule has 1 fully saturated rings. The molecule has 0 unspecified atom stereocenters. The number of rotatable bonds is 6. The molecule has 0 aliphatic carbocycles. The number of fused-ring (bicyclic) bond motifs is 1. The summed E-state index contributed by atoms with van der Waals surface area (Å²) >= 11 is 0. The molecule has 1 saturated heterocycles. The first-order chi connectivity index (χ1) is 14.0. The number of aromatic nitrogens is 3. The van der Waals surface area contributed by atoms with Gasteiger partial charge in [0.25, 0.3) is 0 Å². The van der Waals surface area contributed by atoms with E-state index in [-0.39, 0.29) is 6.61 Å². The minimum atomic E-state index is -3.24. The number of sulfone groups is 1. The van der Waals surface area contributed by atoms with Crippen molar-refractivity contribution in [2.45, 2.75) is 11.4 Å². The van der Waals surface area contributed by atoms with Crippen LogP contribution in [-0.2, 0) is 16.4 Å². The van der Waals surface area contributed by atoms with Gasteiger partial charge in [0, 0.05) is 63.5 Å². The van der Waals surface area contributed by atoms with E-state index in [9.17, 15) is 8.42 Å². The molecule has 0 atom stereocenters. The molecule has 1 N–H and O–H groups in total. The van der Waals surface area contributed by atoms with Gasteiger partial charge in [-0.15, -0.1) is 0 Å². The molecule has 154 valence electrons. The standard InChI is InChI=1S/C20H25N5O3S/c1-29(27,28)17-5-3-16(4-6-17)19-18(25-8-2-7-21-20(25)22-19)15-24-11-9-23(10-12-24)13-14-26/h2-8,26H,9-15H2,1H3. The Hall–Kier alpha value is -2.33. The van der Waals surface area contributed by atoms with Crippen molar-refractivity contribution in [3.05, 3.63) is 48.4 Å². The highest BCUT2D eigenvalue weighted by molar-refractivity contribution is 7.90. The molecule has 0 bridgehead atoms. The van der Waals surface area contributed by atoms with E-state index in [1.165, 1.54) is 6.26 Å². The minimum Gasteiger partial charge on any atom is -0.395 e. The van der Waals surface area contributed by atoms with E-state index in [4.69, 9.17) is 10.1 Å². The Morgan fingerprint density at radius 3 is 2.41 bits per heavy atom. The molecule has 3 heterocycles. The predicted octanol–water partition coefficient (Wildman–Crippen LogP) is 0.910. The Bertz CT molecular complexity index is 1090. The molecule has 1 aliphatic rings. The van der Waals surface area contributed by atoms with Gasteiger partial charge in [-0.2, -0.15) is 0 Å². The van der Waals surface area contributed by atoms with Crippen molar-refractivity contribution in [2.75, 3.05) is 45.6 Å². The van der Waals surface area contributed by atoms with E-state index in [0.717, 1.165) is 49.7 Å². The van der Waals surface area contributed by atoms with Crippen LogP contribution in [0.1, 0.15) is 5.69 Å². The van der Waals surface area contributed by atoms with Gasteiger partial charge >= 0.3 is 0 Å². The fourth-order valence-corrected chi connectivity index (χ4v) is 4.33. The molecule has 0 saturated carbocycles. The highest BCUT2D eigenvalue weighted by atomic mass is 32.2. The fourth-order valence-electron chi connectivity index (χ4n) is 3.70. The number of piperazine rings is 1. The Labute approximate surface area is 170 Å². The number of hydrogen-bond acceptors (Lipinski definition) is 7. The normalized spacial score (nSPS) is 16.5. The van der Waals surface area contributed by atoms with E-state index in [0.29, 0.717) is 17.2 Å². The summed E-state index contributed by atoms with van der Waals surface area (Å²) in [5.74, 6) is 0.628. The Kier molecular flexibility index (Phi) is 5.64. The van der Waals surface area contributed by atoms with Crippen molar-refractivity contribution in [3.8, 4) is 11.3 Å². The van der Waals surface area contributed by atoms with Crippen molar-refractivity contribution in [1.82, 2.24) is 24.2 Å². The highest BCUT2D eigenvalue weighted by Gasteiger charge is 2.21. The van der Waals surface area contributed by atoms with Crippen LogP contribution < -0.4 is 0 Å². The topological polar surface area (TPSA) is 91.0 Å². The zero-order valence-corrected chi connectivity index (χ0v) is 17.2. The molecule has 3 aromatic rings. The van der Waals surface area contributed by atoms with Gasteiger partial charge in [-0.3, -0.25) is 14.2 Å². The summed E-state index contributed by atoms with van der Waals surface area (Å²) in [5, 5.41) is 9.13. The number of hydrogen-bond donors (Lipinski definition) is 1. The summed E-state index contributed by atoms with van der Waals surface area (Å²) in [4.78, 5) is 14.0. The first kappa shape index (κ1) is 20.0. The number of aliphatic hydroxyl groups is 1. The molecule has 2 aromatic heterocycles. The number of aliphatic hydroxyl groups excluding tert-OH is 1. The summed E-state index contributed by atoms with van der Waals surface area (Å²) in [6, 6.07) is 8.74. The second-order valence-corrected chi connectivity index (χ2v) is 9.35. The van der Waals surface area contributed by atoms with Crippen molar-refractivity contribution in [2.24, 2.45) is 0 Å². The van der Waals surface area contributed by atoms with Crippen LogP contribution in [0.4, 0.5) is 0 Å². The van der Waals surface area contributed by atoms with Crippen molar-refractivity contribution in [1.29, 1.82) is 0 Å². The van der Waals surface area contributed by atoms with Crippen LogP contribution in [0.2, 0.25) is 0 Å². The van der Waals surface area contributed by atoms with Gasteiger partial charge in [0.15, 0.2) is 9.84 Å². The molecule has 29 heavy (non-hydrogen) atoms. The van der Waals surface area contributed by atoms with E-state index in [1.54, 1.807) is 30.5 Å². The van der Waals surface area contributed by atoms with Crippen LogP contribution in [-0.4, -0.2) is 83.3 Å². The van der Waals surface area contributed by atoms with Gasteiger partial charge in [0.05, 0.1) is 22.9 Å². The molecule has 1 aromatic carbocycles. The maximum atomic E-state index is 11.8. The fraction of sp³-hybridized carbons (Fsp3) is 0.400. The second-order valence-electron chi connectivity index (χ2n) is 7.33. The molecular formula is C20H25N5O3S. The molecule has 8 nitrogen and oxygen atoms in total. The van der Waals surface area contributed by atoms with Crippen molar-refractivity contribution >= 4 is 15.6 Å². The number of β-amino-alcohol motifs (C(OH)–C–C–N with tert-alkyl or cyclic N) is 1. The third kappa shape index (κ3) is 4.32. The Morgan fingerprint density at radius 1 is 1.07 bits per heavy atom. The summed E-state index contributed by atoms with van der Waals surface area (Å²) in [7, 11) is -3.24. The Balaban J connectivity index is 1.65. The quantitative estimate of drug-likeness (QED) is 0.640. The molecule has 0 spiro atoms. The van der Waals surface area contributed by atoms with Crippen LogP contribution in [0, 0.1) is 0 Å². The zero-order chi connectivity index (χ0) is 20.4. The first-order valence-electron chi connectivity index (χ1n) is 9.64. The van der Waals surface area contributed by atoms with Gasteiger partial charge in [-0.25, -0.2) is 18.4 Å². The molecule has 0 radical (unpaired) electrons. The van der Waals surface area contributed by atoms with Crippen LogP contribution >= 0.6 is 0 Å². The van der Waals surface area contributed by atoms with Gasteiger partial charge in [0.1, 0.15) is 0 Å². The lowest BCUT2D eigenvalue weighted by atomic mass is 10.1. The second kappa shape index (κ2) is 8.19. The lowest BCUT2D eigenvalue weighted by molar-refractivity contribution is 0.107. The summed E-state index contributed by atoms with van der Waals surface area (Å²) in [5.41, 5.74) is 2.73. The van der Waals surface area contributed by atoms with Crippen LogP contribution in [0.3, 0.4) is 0 Å². The summed E-state index contributed by atoms with van der Waals surface area (Å²) in [6.45, 7) is 5.31. The lowest BCUT2D eigenvalue weighted by Crippen LogP contribution is -2.46. The zero-order valence-electron chi connectivity index (χ0n) is 16.4. The average Bonchev–Trinajstić information content (AvgIpc) is 3.08. The highest BCUT2D eigenvalue weighted by Crippen LogP contribution is 2.26. The van der Waals surface area contributed by atoms with Gasteiger partial charge in [-0.05, 0) is 18.2 Å². The van der Waals surface area contributed by atoms with Crippen LogP contribution in [0.25, 0.3) is 17.0 Å². The van der Waals surface area contributed by atoms with Crippen molar-refractivity contribution < 1.29 is 13.5 Å². The van der Waals surface area contributed by atoms with Crippen LogP contribution in [0.5, 0.6) is 0 Å². The molecule has 9 heteroatoms. The smallest absolute Gasteiger partial charge is 0.234 e. The average molecular weight is 416 g/mol. The number of benzene rings is 1. The predicted molar refractivity (Wildman–Crippen MR) is 110 cm³/mol. The monoisotopic (exact) mass is 415 g/mol. The number of nitrogens with zero attached hydrogens (tertiary/aromatic N) is 5. The maximum absolute atomic E-state index is 11.8. The van der Waals surface area contributed by atoms with E-state index in [1.807, 2.05) is 16.7 Å². The van der Waals surface area contributed by atoms with Crippen LogP contribution in [0.15, 0.2) is 47.6 Å². The van der Waals surface area contributed by atoms with Crippen molar-refractivity contribution in [3.63, 3.8) is 0 Å². The molecule has 4 rings (SSSR count). The first-order valence-corrected chi connectivity index (χ1v) is 11.5.